The van der Waals surface area contributed by atoms with E-state index in [1.54, 1.807) is 6.07 Å². The van der Waals surface area contributed by atoms with Gasteiger partial charge < -0.3 is 14.7 Å². The molecule has 1 fully saturated rings. The molecule has 5 heteroatoms. The minimum atomic E-state index is -1.23. The molecule has 1 heterocycles. The third kappa shape index (κ3) is 4.02. The van der Waals surface area contributed by atoms with Crippen molar-refractivity contribution >= 4 is 5.97 Å². The van der Waals surface area contributed by atoms with Crippen LogP contribution in [0.25, 0.3) is 0 Å². The third-order valence-corrected chi connectivity index (χ3v) is 3.62. The molecule has 1 aromatic carbocycles. The van der Waals surface area contributed by atoms with Gasteiger partial charge in [-0.05, 0) is 43.5 Å². The van der Waals surface area contributed by atoms with Crippen LogP contribution in [0, 0.1) is 11.7 Å². The Bertz CT molecular complexity index is 472. The second-order valence-corrected chi connectivity index (χ2v) is 5.37. The van der Waals surface area contributed by atoms with Gasteiger partial charge in [-0.25, -0.2) is 9.18 Å². The van der Waals surface area contributed by atoms with Crippen LogP contribution >= 0.6 is 0 Å². The van der Waals surface area contributed by atoms with Gasteiger partial charge in [0.05, 0.1) is 5.56 Å². The van der Waals surface area contributed by atoms with Crippen molar-refractivity contribution in [2.24, 2.45) is 5.92 Å². The maximum atomic E-state index is 13.3. The van der Waals surface area contributed by atoms with Gasteiger partial charge in [-0.15, -0.1) is 0 Å². The van der Waals surface area contributed by atoms with Crippen molar-refractivity contribution in [2.45, 2.75) is 19.4 Å². The lowest BCUT2D eigenvalue weighted by Crippen LogP contribution is -2.29. The number of rotatable bonds is 5. The van der Waals surface area contributed by atoms with E-state index in [2.05, 4.69) is 4.90 Å². The van der Waals surface area contributed by atoms with Crippen LogP contribution in [0.2, 0.25) is 0 Å². The molecule has 0 radical (unpaired) electrons. The highest BCUT2D eigenvalue weighted by molar-refractivity contribution is 5.88. The molecule has 0 bridgehead atoms. The number of benzene rings is 1. The van der Waals surface area contributed by atoms with Gasteiger partial charge in [-0.2, -0.15) is 0 Å². The Labute approximate surface area is 118 Å². The Balaban J connectivity index is 1.95. The zero-order valence-corrected chi connectivity index (χ0v) is 11.6. The molecule has 110 valence electrons. The van der Waals surface area contributed by atoms with E-state index in [9.17, 15) is 9.18 Å². The summed E-state index contributed by atoms with van der Waals surface area (Å²) < 4.78 is 18.7. The fraction of sp³-hybridized carbons (Fsp3) is 0.533. The summed E-state index contributed by atoms with van der Waals surface area (Å²) in [6.07, 6.45) is 2.13. The topological polar surface area (TPSA) is 49.8 Å². The van der Waals surface area contributed by atoms with Crippen molar-refractivity contribution in [3.05, 3.63) is 35.1 Å². The highest BCUT2D eigenvalue weighted by atomic mass is 19.1. The number of ether oxygens (including phenoxy) is 1. The minimum absolute atomic E-state index is 0.262. The zero-order valence-electron chi connectivity index (χ0n) is 11.6. The van der Waals surface area contributed by atoms with Crippen LogP contribution in [0.3, 0.4) is 0 Å². The van der Waals surface area contributed by atoms with Gasteiger partial charge in [0.2, 0.25) is 0 Å². The van der Waals surface area contributed by atoms with Crippen LogP contribution in [-0.2, 0) is 11.3 Å². The highest BCUT2D eigenvalue weighted by Crippen LogP contribution is 2.17. The average molecular weight is 281 g/mol. The minimum Gasteiger partial charge on any atom is -0.478 e. The van der Waals surface area contributed by atoms with Gasteiger partial charge in [0, 0.05) is 26.3 Å². The number of nitrogens with zero attached hydrogens (tertiary/aromatic N) is 1. The number of aromatic carboxylic acids is 1. The molecule has 1 aliphatic heterocycles. The summed E-state index contributed by atoms with van der Waals surface area (Å²) in [7, 11) is 2.00. The SMILES string of the molecule is CN(Cc1ccc(F)c(C(=O)O)c1)CC1CCOCC1. The van der Waals surface area contributed by atoms with Gasteiger partial charge in [0.25, 0.3) is 0 Å². The molecule has 1 N–H and O–H groups in total. The van der Waals surface area contributed by atoms with Crippen LogP contribution in [0.15, 0.2) is 18.2 Å². The lowest BCUT2D eigenvalue weighted by atomic mass is 9.99. The first-order valence-corrected chi connectivity index (χ1v) is 6.84. The standard InChI is InChI=1S/C15H20FNO3/c1-17(9-11-4-6-20-7-5-11)10-12-2-3-14(16)13(8-12)15(18)19/h2-3,8,11H,4-7,9-10H2,1H3,(H,18,19). The number of halogens is 1. The molecule has 4 nitrogen and oxygen atoms in total. The Hall–Kier alpha value is -1.46. The van der Waals surface area contributed by atoms with Crippen LogP contribution in [0.5, 0.6) is 0 Å². The lowest BCUT2D eigenvalue weighted by Gasteiger charge is -2.27. The first kappa shape index (κ1) is 14.9. The van der Waals surface area contributed by atoms with E-state index >= 15 is 0 Å². The molecule has 20 heavy (non-hydrogen) atoms. The van der Waals surface area contributed by atoms with Gasteiger partial charge in [0.15, 0.2) is 0 Å². The maximum absolute atomic E-state index is 13.3. The fourth-order valence-electron chi connectivity index (χ4n) is 2.58. The Morgan fingerprint density at radius 3 is 2.80 bits per heavy atom. The average Bonchev–Trinajstić information content (AvgIpc) is 2.41. The van der Waals surface area contributed by atoms with Crippen molar-refractivity contribution in [1.29, 1.82) is 0 Å². The van der Waals surface area contributed by atoms with Crippen LogP contribution in [0.4, 0.5) is 4.39 Å². The van der Waals surface area contributed by atoms with Crippen molar-refractivity contribution in [3.63, 3.8) is 0 Å². The maximum Gasteiger partial charge on any atom is 0.338 e. The predicted molar refractivity (Wildman–Crippen MR) is 73.2 cm³/mol. The Morgan fingerprint density at radius 1 is 1.45 bits per heavy atom. The van der Waals surface area contributed by atoms with E-state index in [1.165, 1.54) is 12.1 Å². The van der Waals surface area contributed by atoms with E-state index in [0.717, 1.165) is 38.2 Å². The molecule has 2 rings (SSSR count). The first-order chi connectivity index (χ1) is 9.56. The van der Waals surface area contributed by atoms with Crippen molar-refractivity contribution < 1.29 is 19.0 Å². The molecule has 0 unspecified atom stereocenters. The molecule has 1 aliphatic rings. The molecule has 0 spiro atoms. The normalized spacial score (nSPS) is 16.6. The number of hydrogen-bond donors (Lipinski definition) is 1. The van der Waals surface area contributed by atoms with Crippen LogP contribution < -0.4 is 0 Å². The molecule has 1 aromatic rings. The summed E-state index contributed by atoms with van der Waals surface area (Å²) in [4.78, 5) is 13.1. The quantitative estimate of drug-likeness (QED) is 0.900. The third-order valence-electron chi connectivity index (χ3n) is 3.62. The van der Waals surface area contributed by atoms with E-state index in [4.69, 9.17) is 9.84 Å². The first-order valence-electron chi connectivity index (χ1n) is 6.84. The lowest BCUT2D eigenvalue weighted by molar-refractivity contribution is 0.0549. The van der Waals surface area contributed by atoms with Crippen molar-refractivity contribution in [2.75, 3.05) is 26.8 Å². The molecule has 0 aromatic heterocycles. The molecule has 1 saturated heterocycles. The predicted octanol–water partition coefficient (Wildman–Crippen LogP) is 2.38. The Kier molecular flexibility index (Phi) is 5.09. The summed E-state index contributed by atoms with van der Waals surface area (Å²) in [5.74, 6) is -1.29. The molecule has 0 amide bonds. The van der Waals surface area contributed by atoms with E-state index < -0.39 is 11.8 Å². The summed E-state index contributed by atoms with van der Waals surface area (Å²) in [5.41, 5.74) is 0.556. The van der Waals surface area contributed by atoms with Gasteiger partial charge >= 0.3 is 5.97 Å². The second-order valence-electron chi connectivity index (χ2n) is 5.37. The number of carbonyl (C=O) groups is 1. The van der Waals surface area contributed by atoms with Crippen LogP contribution in [-0.4, -0.2) is 42.8 Å². The smallest absolute Gasteiger partial charge is 0.338 e. The molecule has 0 aliphatic carbocycles. The Morgan fingerprint density at radius 2 is 2.15 bits per heavy atom. The molecule has 0 saturated carbocycles. The summed E-state index contributed by atoms with van der Waals surface area (Å²) >= 11 is 0. The summed E-state index contributed by atoms with van der Waals surface area (Å²) in [6, 6.07) is 4.28. The number of carboxylic acids is 1. The number of carboxylic acid groups (broad SMARTS) is 1. The van der Waals surface area contributed by atoms with Gasteiger partial charge in [0.1, 0.15) is 5.82 Å². The highest BCUT2D eigenvalue weighted by Gasteiger charge is 2.16. The summed E-state index contributed by atoms with van der Waals surface area (Å²) in [6.45, 7) is 3.21. The summed E-state index contributed by atoms with van der Waals surface area (Å²) in [5, 5.41) is 8.92. The van der Waals surface area contributed by atoms with E-state index in [1.807, 2.05) is 7.05 Å². The molecular weight excluding hydrogens is 261 g/mol. The van der Waals surface area contributed by atoms with Gasteiger partial charge in [-0.1, -0.05) is 6.07 Å². The monoisotopic (exact) mass is 281 g/mol. The van der Waals surface area contributed by atoms with E-state index in [0.29, 0.717) is 12.5 Å². The van der Waals surface area contributed by atoms with Crippen molar-refractivity contribution in [1.82, 2.24) is 4.90 Å². The molecule has 0 atom stereocenters. The number of hydrogen-bond acceptors (Lipinski definition) is 3. The second kappa shape index (κ2) is 6.81. The van der Waals surface area contributed by atoms with E-state index in [-0.39, 0.29) is 5.56 Å². The zero-order chi connectivity index (χ0) is 14.5. The largest absolute Gasteiger partial charge is 0.478 e. The molecular formula is C15H20FNO3. The fourth-order valence-corrected chi connectivity index (χ4v) is 2.58. The van der Waals surface area contributed by atoms with Crippen molar-refractivity contribution in [3.8, 4) is 0 Å². The van der Waals surface area contributed by atoms with Crippen LogP contribution in [0.1, 0.15) is 28.8 Å². The van der Waals surface area contributed by atoms with Gasteiger partial charge in [-0.3, -0.25) is 0 Å².